The summed E-state index contributed by atoms with van der Waals surface area (Å²) >= 11 is 0. The van der Waals surface area contributed by atoms with Gasteiger partial charge in [-0.1, -0.05) is 6.07 Å². The second kappa shape index (κ2) is 4.33. The molecule has 1 N–H and O–H groups in total. The molecule has 7 heteroatoms. The summed E-state index contributed by atoms with van der Waals surface area (Å²) < 4.78 is 39.9. The van der Waals surface area contributed by atoms with E-state index in [2.05, 4.69) is 4.74 Å². The number of carbonyl (C=O) groups is 1. The maximum Gasteiger partial charge on any atom is 0.573 e. The Balaban J connectivity index is 3.46. The van der Waals surface area contributed by atoms with Gasteiger partial charge in [0.2, 0.25) is 0 Å². The van der Waals surface area contributed by atoms with E-state index in [1.54, 1.807) is 0 Å². The molecular formula is C10H6F3NO3. The van der Waals surface area contributed by atoms with Crippen LogP contribution < -0.4 is 4.74 Å². The number of nitriles is 1. The first-order valence-corrected chi connectivity index (χ1v) is 4.29. The summed E-state index contributed by atoms with van der Waals surface area (Å²) in [5, 5.41) is 17.4. The van der Waals surface area contributed by atoms with Crippen molar-refractivity contribution >= 4 is 5.97 Å². The fourth-order valence-corrected chi connectivity index (χ4v) is 1.21. The minimum atomic E-state index is -5.05. The number of halogens is 3. The first-order valence-electron chi connectivity index (χ1n) is 4.29. The first kappa shape index (κ1) is 12.8. The number of alkyl halides is 3. The van der Waals surface area contributed by atoms with Crippen LogP contribution in [-0.2, 0) is 0 Å². The van der Waals surface area contributed by atoms with Crippen molar-refractivity contribution in [2.45, 2.75) is 13.3 Å². The lowest BCUT2D eigenvalue weighted by atomic mass is 10.0. The normalized spacial score (nSPS) is 10.8. The molecule has 0 aliphatic carbocycles. The van der Waals surface area contributed by atoms with Crippen LogP contribution in [0.25, 0.3) is 0 Å². The molecule has 0 bridgehead atoms. The van der Waals surface area contributed by atoms with Crippen molar-refractivity contribution in [3.63, 3.8) is 0 Å². The van der Waals surface area contributed by atoms with E-state index in [4.69, 9.17) is 10.4 Å². The molecule has 0 saturated heterocycles. The SMILES string of the molecule is Cc1ccc(C(=O)O)c(OC(F)(F)F)c1C#N. The average Bonchev–Trinajstić information content (AvgIpc) is 2.15. The maximum absolute atomic E-state index is 12.1. The van der Waals surface area contributed by atoms with Crippen LogP contribution in [0.2, 0.25) is 0 Å². The van der Waals surface area contributed by atoms with Gasteiger partial charge in [0.25, 0.3) is 0 Å². The van der Waals surface area contributed by atoms with E-state index in [0.29, 0.717) is 0 Å². The Morgan fingerprint density at radius 2 is 2.06 bits per heavy atom. The van der Waals surface area contributed by atoms with Crippen LogP contribution in [0.5, 0.6) is 5.75 Å². The third-order valence-corrected chi connectivity index (χ3v) is 1.93. The second-order valence-electron chi connectivity index (χ2n) is 3.10. The van der Waals surface area contributed by atoms with Gasteiger partial charge in [-0.25, -0.2) is 4.79 Å². The van der Waals surface area contributed by atoms with E-state index in [0.717, 1.165) is 6.07 Å². The molecule has 0 amide bonds. The smallest absolute Gasteiger partial charge is 0.478 e. The van der Waals surface area contributed by atoms with E-state index < -0.39 is 29.2 Å². The van der Waals surface area contributed by atoms with Crippen LogP contribution >= 0.6 is 0 Å². The van der Waals surface area contributed by atoms with Crippen molar-refractivity contribution in [1.29, 1.82) is 5.26 Å². The van der Waals surface area contributed by atoms with Crippen LogP contribution in [0.3, 0.4) is 0 Å². The number of carboxylic acid groups (broad SMARTS) is 1. The number of rotatable bonds is 2. The number of hydrogen-bond acceptors (Lipinski definition) is 3. The van der Waals surface area contributed by atoms with Crippen molar-refractivity contribution < 1.29 is 27.8 Å². The van der Waals surface area contributed by atoms with E-state index in [1.165, 1.54) is 19.1 Å². The van der Waals surface area contributed by atoms with Crippen LogP contribution in [0.4, 0.5) is 13.2 Å². The Kier molecular flexibility index (Phi) is 3.27. The van der Waals surface area contributed by atoms with Gasteiger partial charge in [-0.15, -0.1) is 13.2 Å². The standard InChI is InChI=1S/C10H6F3NO3/c1-5-2-3-6(9(15)16)8(7(5)4-14)17-10(11,12)13/h2-3H,1H3,(H,15,16). The van der Waals surface area contributed by atoms with Crippen LogP contribution in [0, 0.1) is 18.3 Å². The Labute approximate surface area is 93.8 Å². The van der Waals surface area contributed by atoms with Crippen molar-refractivity contribution in [1.82, 2.24) is 0 Å². The van der Waals surface area contributed by atoms with E-state index in [-0.39, 0.29) is 5.56 Å². The quantitative estimate of drug-likeness (QED) is 0.868. The minimum absolute atomic E-state index is 0.205. The van der Waals surface area contributed by atoms with E-state index >= 15 is 0 Å². The van der Waals surface area contributed by atoms with Crippen LogP contribution in [0.1, 0.15) is 21.5 Å². The van der Waals surface area contributed by atoms with Gasteiger partial charge >= 0.3 is 12.3 Å². The number of benzene rings is 1. The van der Waals surface area contributed by atoms with Gasteiger partial charge in [0.1, 0.15) is 11.6 Å². The highest BCUT2D eigenvalue weighted by Gasteiger charge is 2.34. The van der Waals surface area contributed by atoms with Crippen molar-refractivity contribution in [3.05, 3.63) is 28.8 Å². The minimum Gasteiger partial charge on any atom is -0.478 e. The van der Waals surface area contributed by atoms with Gasteiger partial charge in [-0.05, 0) is 18.6 Å². The molecule has 0 aromatic heterocycles. The molecule has 1 rings (SSSR count). The molecule has 0 spiro atoms. The Bertz CT molecular complexity index is 503. The van der Waals surface area contributed by atoms with E-state index in [1.807, 2.05) is 0 Å². The molecule has 0 heterocycles. The number of nitrogens with zero attached hydrogens (tertiary/aromatic N) is 1. The molecule has 0 radical (unpaired) electrons. The number of hydrogen-bond donors (Lipinski definition) is 1. The van der Waals surface area contributed by atoms with Crippen LogP contribution in [-0.4, -0.2) is 17.4 Å². The molecule has 0 unspecified atom stereocenters. The monoisotopic (exact) mass is 245 g/mol. The van der Waals surface area contributed by atoms with Crippen molar-refractivity contribution in [2.75, 3.05) is 0 Å². The molecule has 0 saturated carbocycles. The molecule has 1 aromatic carbocycles. The van der Waals surface area contributed by atoms with Gasteiger partial charge in [-0.3, -0.25) is 0 Å². The first-order chi connectivity index (χ1) is 7.76. The molecule has 0 aliphatic rings. The lowest BCUT2D eigenvalue weighted by molar-refractivity contribution is -0.274. The maximum atomic E-state index is 12.1. The zero-order chi connectivity index (χ0) is 13.2. The Morgan fingerprint density at radius 3 is 2.47 bits per heavy atom. The zero-order valence-corrected chi connectivity index (χ0v) is 8.50. The molecule has 1 aromatic rings. The summed E-state index contributed by atoms with van der Waals surface area (Å²) in [6, 6.07) is 3.69. The number of aromatic carboxylic acids is 1. The molecular weight excluding hydrogens is 239 g/mol. The van der Waals surface area contributed by atoms with Gasteiger partial charge in [0, 0.05) is 0 Å². The topological polar surface area (TPSA) is 70.3 Å². The molecule has 17 heavy (non-hydrogen) atoms. The molecule has 4 nitrogen and oxygen atoms in total. The van der Waals surface area contributed by atoms with Gasteiger partial charge in [0.05, 0.1) is 5.56 Å². The highest BCUT2D eigenvalue weighted by molar-refractivity contribution is 5.92. The summed E-state index contributed by atoms with van der Waals surface area (Å²) in [6.07, 6.45) is -5.05. The van der Waals surface area contributed by atoms with Gasteiger partial charge in [-0.2, -0.15) is 5.26 Å². The number of ether oxygens (including phenoxy) is 1. The predicted molar refractivity (Wildman–Crippen MR) is 49.5 cm³/mol. The molecule has 0 atom stereocenters. The fourth-order valence-electron chi connectivity index (χ4n) is 1.21. The summed E-state index contributed by atoms with van der Waals surface area (Å²) in [4.78, 5) is 10.7. The highest BCUT2D eigenvalue weighted by Crippen LogP contribution is 2.31. The molecule has 90 valence electrons. The third kappa shape index (κ3) is 2.87. The largest absolute Gasteiger partial charge is 0.573 e. The summed E-state index contributed by atoms with van der Waals surface area (Å²) in [7, 11) is 0. The summed E-state index contributed by atoms with van der Waals surface area (Å²) in [5.41, 5.74) is -0.941. The lowest BCUT2D eigenvalue weighted by Gasteiger charge is -2.13. The lowest BCUT2D eigenvalue weighted by Crippen LogP contribution is -2.20. The molecule has 0 fully saturated rings. The number of carboxylic acids is 1. The Morgan fingerprint density at radius 1 is 1.47 bits per heavy atom. The zero-order valence-electron chi connectivity index (χ0n) is 8.50. The predicted octanol–water partition coefficient (Wildman–Crippen LogP) is 2.46. The number of aryl methyl sites for hydroxylation is 1. The highest BCUT2D eigenvalue weighted by atomic mass is 19.4. The Hall–Kier alpha value is -2.23. The summed E-state index contributed by atoms with van der Waals surface area (Å²) in [6.45, 7) is 1.38. The average molecular weight is 245 g/mol. The van der Waals surface area contributed by atoms with Gasteiger partial charge < -0.3 is 9.84 Å². The second-order valence-corrected chi connectivity index (χ2v) is 3.10. The van der Waals surface area contributed by atoms with Crippen LogP contribution in [0.15, 0.2) is 12.1 Å². The van der Waals surface area contributed by atoms with Crippen molar-refractivity contribution in [3.8, 4) is 11.8 Å². The third-order valence-electron chi connectivity index (χ3n) is 1.93. The summed E-state index contributed by atoms with van der Waals surface area (Å²) in [5.74, 6) is -2.58. The molecule has 0 aliphatic heterocycles. The van der Waals surface area contributed by atoms with E-state index in [9.17, 15) is 18.0 Å². The fraction of sp³-hybridized carbons (Fsp3) is 0.200. The van der Waals surface area contributed by atoms with Crippen molar-refractivity contribution in [2.24, 2.45) is 0 Å². The van der Waals surface area contributed by atoms with Gasteiger partial charge in [0.15, 0.2) is 5.75 Å².